The Kier molecular flexibility index (Phi) is 11.6. The highest BCUT2D eigenvalue weighted by Gasteiger charge is 2.58. The Bertz CT molecular complexity index is 3120. The molecule has 4 aliphatic rings. The largest absolute Gasteiger partial charge is 0.494 e. The number of aliphatic hydroxyl groups excluding tert-OH is 1. The third kappa shape index (κ3) is 8.35. The van der Waals surface area contributed by atoms with Crippen LogP contribution in [0.1, 0.15) is 73.5 Å². The third-order valence-electron chi connectivity index (χ3n) is 13.3. The lowest BCUT2D eigenvalue weighted by Crippen LogP contribution is -2.51. The van der Waals surface area contributed by atoms with Gasteiger partial charge in [-0.1, -0.05) is 127 Å². The van der Waals surface area contributed by atoms with Gasteiger partial charge in [-0.2, -0.15) is 0 Å². The van der Waals surface area contributed by atoms with Crippen LogP contribution in [-0.4, -0.2) is 69.2 Å². The van der Waals surface area contributed by atoms with Crippen LogP contribution >= 0.6 is 0 Å². The second-order valence-corrected chi connectivity index (χ2v) is 17.8. The zero-order valence-corrected chi connectivity index (χ0v) is 37.7. The molecule has 0 saturated heterocycles. The summed E-state index contributed by atoms with van der Waals surface area (Å²) >= 11 is 0. The van der Waals surface area contributed by atoms with Crippen molar-refractivity contribution in [1.82, 2.24) is 9.80 Å². The number of hydrogen-bond acceptors (Lipinski definition) is 9. The van der Waals surface area contributed by atoms with Crippen LogP contribution in [0.2, 0.25) is 0 Å². The maximum absolute atomic E-state index is 15.3. The number of carbonyl (C=O) groups is 3. The summed E-state index contributed by atoms with van der Waals surface area (Å²) < 4.78 is 19.3. The topological polar surface area (TPSA) is 130 Å². The zero-order chi connectivity index (χ0) is 46.9. The SMILES string of the molecule is O=C1[C@@H]2N=C(c3ccc(OCCCO)cc3)O[C@H]2c2ccc(-c3cccc(C4=N[C@]5(Cc6ccccc6)C(=O)N(C(=O)c6ccccc6)Cc6ccccc6[C@@H]5O4)c3)cc2CN1Cc1ccccc1. The van der Waals surface area contributed by atoms with Crippen LogP contribution in [0, 0.1) is 0 Å². The standard InChI is InChI=1S/C58H48N4O7/c63-30-13-31-67-47-27-24-40(25-28-47)53-59-50-51(68-53)48-29-26-43(33-46(48)36-61(56(50)65)35-39-16-6-2-7-17-39)42-21-12-22-44(32-42)54-60-58(34-38-14-4-1-5-15-38)52(69-54)49-23-11-10-20-45(49)37-62(57(58)66)55(64)41-18-8-3-9-19-41/h1-12,14-29,32-33,50-52,63H,13,30-31,34-37H2/t50-,51+,52+,58+/m1/s1. The van der Waals surface area contributed by atoms with Gasteiger partial charge in [-0.15, -0.1) is 0 Å². The third-order valence-corrected chi connectivity index (χ3v) is 13.3. The van der Waals surface area contributed by atoms with Gasteiger partial charge >= 0.3 is 0 Å². The van der Waals surface area contributed by atoms with E-state index in [1.807, 2.05) is 157 Å². The van der Waals surface area contributed by atoms with Crippen LogP contribution < -0.4 is 4.74 Å². The van der Waals surface area contributed by atoms with E-state index in [4.69, 9.17) is 29.3 Å². The lowest BCUT2D eigenvalue weighted by atomic mass is 9.81. The lowest BCUT2D eigenvalue weighted by Gasteiger charge is -2.31. The van der Waals surface area contributed by atoms with Gasteiger partial charge in [0.15, 0.2) is 23.8 Å². The summed E-state index contributed by atoms with van der Waals surface area (Å²) in [5.74, 6) is 0.416. The van der Waals surface area contributed by atoms with Crippen LogP contribution in [0.15, 0.2) is 192 Å². The first-order valence-corrected chi connectivity index (χ1v) is 23.3. The first kappa shape index (κ1) is 43.4. The predicted molar refractivity (Wildman–Crippen MR) is 261 cm³/mol. The fourth-order valence-corrected chi connectivity index (χ4v) is 9.87. The number of rotatable bonds is 12. The van der Waals surface area contributed by atoms with Gasteiger partial charge in [0.2, 0.25) is 11.8 Å². The molecule has 11 heteroatoms. The molecule has 69 heavy (non-hydrogen) atoms. The zero-order valence-electron chi connectivity index (χ0n) is 37.7. The van der Waals surface area contributed by atoms with Crippen LogP contribution in [0.25, 0.3) is 11.1 Å². The monoisotopic (exact) mass is 912 g/mol. The van der Waals surface area contributed by atoms with Gasteiger partial charge in [-0.25, -0.2) is 9.98 Å². The molecule has 4 aliphatic heterocycles. The van der Waals surface area contributed by atoms with Gasteiger partial charge in [-0.3, -0.25) is 19.3 Å². The number of ether oxygens (including phenoxy) is 3. The maximum atomic E-state index is 15.3. The highest BCUT2D eigenvalue weighted by Crippen LogP contribution is 2.47. The fourth-order valence-electron chi connectivity index (χ4n) is 9.87. The minimum atomic E-state index is -1.50. The molecule has 11 nitrogen and oxygen atoms in total. The molecule has 0 spiro atoms. The summed E-state index contributed by atoms with van der Waals surface area (Å²) in [4.78, 5) is 57.6. The van der Waals surface area contributed by atoms with Gasteiger partial charge in [-0.05, 0) is 88.0 Å². The second-order valence-electron chi connectivity index (χ2n) is 17.8. The molecule has 4 atom stereocenters. The molecule has 3 amide bonds. The Morgan fingerprint density at radius 3 is 2.10 bits per heavy atom. The van der Waals surface area contributed by atoms with E-state index in [0.717, 1.165) is 50.1 Å². The van der Waals surface area contributed by atoms with Crippen molar-refractivity contribution >= 4 is 29.5 Å². The number of fused-ring (bicyclic) bond motifs is 6. The Balaban J connectivity index is 0.955. The van der Waals surface area contributed by atoms with E-state index in [9.17, 15) is 9.59 Å². The van der Waals surface area contributed by atoms with Crippen molar-refractivity contribution in [2.24, 2.45) is 9.98 Å². The van der Waals surface area contributed by atoms with Crippen LogP contribution in [0.4, 0.5) is 0 Å². The number of benzene rings is 7. The van der Waals surface area contributed by atoms with E-state index in [1.54, 1.807) is 24.3 Å². The summed E-state index contributed by atoms with van der Waals surface area (Å²) in [6, 6.07) is 57.1. The Hall–Kier alpha value is -8.15. The molecule has 7 aromatic rings. The van der Waals surface area contributed by atoms with Crippen molar-refractivity contribution in [3.63, 3.8) is 0 Å². The number of amides is 3. The van der Waals surface area contributed by atoms with E-state index >= 15 is 4.79 Å². The van der Waals surface area contributed by atoms with Gasteiger partial charge in [0.1, 0.15) is 5.75 Å². The first-order valence-electron chi connectivity index (χ1n) is 23.3. The van der Waals surface area contributed by atoms with Crippen molar-refractivity contribution < 1.29 is 33.7 Å². The van der Waals surface area contributed by atoms with Gasteiger partial charge < -0.3 is 24.2 Å². The number of aliphatic imine (C=N–C) groups is 2. The van der Waals surface area contributed by atoms with Crippen molar-refractivity contribution in [3.05, 3.63) is 232 Å². The average molecular weight is 913 g/mol. The molecule has 0 unspecified atom stereocenters. The molecule has 7 aromatic carbocycles. The van der Waals surface area contributed by atoms with E-state index in [1.165, 1.54) is 4.90 Å². The van der Waals surface area contributed by atoms with Crippen molar-refractivity contribution in [1.29, 1.82) is 0 Å². The molecule has 0 fully saturated rings. The number of aliphatic hydroxyl groups is 1. The summed E-state index contributed by atoms with van der Waals surface area (Å²) in [6.07, 6.45) is -0.723. The van der Waals surface area contributed by atoms with Crippen LogP contribution in [0.5, 0.6) is 5.75 Å². The molecular weight excluding hydrogens is 865 g/mol. The smallest absolute Gasteiger partial charge is 0.262 e. The molecule has 11 rings (SSSR count). The first-order chi connectivity index (χ1) is 33.8. The molecule has 4 heterocycles. The summed E-state index contributed by atoms with van der Waals surface area (Å²) in [5.41, 5.74) is 7.43. The maximum Gasteiger partial charge on any atom is 0.262 e. The van der Waals surface area contributed by atoms with E-state index in [-0.39, 0.29) is 25.5 Å². The van der Waals surface area contributed by atoms with Crippen LogP contribution in [0.3, 0.4) is 0 Å². The number of hydrogen-bond donors (Lipinski definition) is 1. The normalized spacial score (nSPS) is 20.2. The highest BCUT2D eigenvalue weighted by atomic mass is 16.5. The Morgan fingerprint density at radius 1 is 0.652 bits per heavy atom. The average Bonchev–Trinajstić information content (AvgIpc) is 3.97. The molecule has 0 radical (unpaired) electrons. The van der Waals surface area contributed by atoms with Crippen molar-refractivity contribution in [2.45, 2.75) is 56.3 Å². The number of imide groups is 1. The quantitative estimate of drug-likeness (QED) is 0.0956. The van der Waals surface area contributed by atoms with E-state index < -0.39 is 35.6 Å². The van der Waals surface area contributed by atoms with E-state index in [0.29, 0.717) is 54.8 Å². The molecule has 1 N–H and O–H groups in total. The Morgan fingerprint density at radius 2 is 1.33 bits per heavy atom. The molecular formula is C58H48N4O7. The minimum absolute atomic E-state index is 0.0521. The second kappa shape index (κ2) is 18.5. The van der Waals surface area contributed by atoms with E-state index in [2.05, 4.69) is 6.07 Å². The molecule has 0 aromatic heterocycles. The predicted octanol–water partition coefficient (Wildman–Crippen LogP) is 9.23. The van der Waals surface area contributed by atoms with Crippen molar-refractivity contribution in [3.8, 4) is 16.9 Å². The summed E-state index contributed by atoms with van der Waals surface area (Å²) in [6.45, 7) is 1.28. The van der Waals surface area contributed by atoms with Crippen molar-refractivity contribution in [2.75, 3.05) is 13.2 Å². The Labute approximate surface area is 400 Å². The highest BCUT2D eigenvalue weighted by molar-refractivity contribution is 6.10. The minimum Gasteiger partial charge on any atom is -0.494 e. The summed E-state index contributed by atoms with van der Waals surface area (Å²) in [7, 11) is 0. The van der Waals surface area contributed by atoms with Gasteiger partial charge in [0.25, 0.3) is 17.7 Å². The summed E-state index contributed by atoms with van der Waals surface area (Å²) in [5, 5.41) is 9.17. The number of nitrogens with zero attached hydrogens (tertiary/aromatic N) is 4. The molecule has 0 saturated carbocycles. The molecule has 342 valence electrons. The van der Waals surface area contributed by atoms with Gasteiger partial charge in [0.05, 0.1) is 13.2 Å². The number of carbonyl (C=O) groups excluding carboxylic acids is 3. The lowest BCUT2D eigenvalue weighted by molar-refractivity contribution is -0.137. The fraction of sp³-hybridized carbons (Fsp3) is 0.190. The van der Waals surface area contributed by atoms with Gasteiger partial charge in [0, 0.05) is 60.4 Å². The molecule has 0 aliphatic carbocycles. The van der Waals surface area contributed by atoms with Crippen LogP contribution in [-0.2, 0) is 45.1 Å². The molecule has 0 bridgehead atoms.